The van der Waals surface area contributed by atoms with Gasteiger partial charge in [0, 0.05) is 56.0 Å². The standard InChI is InChI=1S/C27H29ClN4O4/c28-21-12-29-10-9-19(21)17-13-31(14-17)22-3-1-2-4-24(22)36-18-5-6-20-16(11-18)15-32(27(20)35)23-7-8-25(33)30-26(23)34/h5-6,9-12,17,22-24H,1-4,7-8,13-15H2,(H,30,33,34)/t22-,23+,24-/m1/s1. The molecule has 0 unspecified atom stereocenters. The third-order valence-electron chi connectivity index (χ3n) is 8.07. The van der Waals surface area contributed by atoms with E-state index in [9.17, 15) is 14.4 Å². The second kappa shape index (κ2) is 9.48. The highest BCUT2D eigenvalue weighted by Crippen LogP contribution is 2.38. The number of likely N-dealkylation sites (tertiary alicyclic amines) is 1. The molecule has 3 fully saturated rings. The van der Waals surface area contributed by atoms with Gasteiger partial charge in [0.2, 0.25) is 11.8 Å². The first-order chi connectivity index (χ1) is 17.5. The van der Waals surface area contributed by atoms with Crippen molar-refractivity contribution in [2.45, 2.75) is 69.2 Å². The van der Waals surface area contributed by atoms with E-state index in [1.165, 1.54) is 12.0 Å². The highest BCUT2D eigenvalue weighted by atomic mass is 35.5. The molecule has 3 aliphatic heterocycles. The van der Waals surface area contributed by atoms with Crippen LogP contribution in [-0.4, -0.2) is 63.8 Å². The van der Waals surface area contributed by atoms with Crippen molar-refractivity contribution in [3.63, 3.8) is 0 Å². The number of fused-ring (bicyclic) bond motifs is 1. The molecular weight excluding hydrogens is 480 g/mol. The molecule has 1 saturated carbocycles. The van der Waals surface area contributed by atoms with Crippen LogP contribution < -0.4 is 10.1 Å². The van der Waals surface area contributed by atoms with Crippen molar-refractivity contribution in [2.24, 2.45) is 0 Å². The van der Waals surface area contributed by atoms with Gasteiger partial charge in [0.25, 0.3) is 5.91 Å². The number of nitrogens with one attached hydrogen (secondary N) is 1. The molecule has 6 rings (SSSR count). The van der Waals surface area contributed by atoms with E-state index in [1.54, 1.807) is 17.3 Å². The van der Waals surface area contributed by atoms with Gasteiger partial charge in [0.1, 0.15) is 17.9 Å². The van der Waals surface area contributed by atoms with Crippen LogP contribution in [0.3, 0.4) is 0 Å². The summed E-state index contributed by atoms with van der Waals surface area (Å²) in [6, 6.07) is 7.38. The lowest BCUT2D eigenvalue weighted by Gasteiger charge is -2.48. The molecule has 3 atom stereocenters. The molecule has 8 nitrogen and oxygen atoms in total. The molecule has 1 N–H and O–H groups in total. The molecule has 0 bridgehead atoms. The summed E-state index contributed by atoms with van der Waals surface area (Å²) in [4.78, 5) is 45.0. The Kier molecular flexibility index (Phi) is 6.17. The highest BCUT2D eigenvalue weighted by Gasteiger charge is 2.41. The summed E-state index contributed by atoms with van der Waals surface area (Å²) >= 11 is 6.36. The van der Waals surface area contributed by atoms with Crippen molar-refractivity contribution in [3.05, 3.63) is 58.4 Å². The number of ether oxygens (including phenoxy) is 1. The number of carbonyl (C=O) groups excluding carboxylic acids is 3. The van der Waals surface area contributed by atoms with Gasteiger partial charge in [-0.05, 0) is 61.1 Å². The van der Waals surface area contributed by atoms with Crippen LogP contribution in [0, 0.1) is 0 Å². The average Bonchev–Trinajstić information content (AvgIpc) is 3.16. The number of hydrogen-bond donors (Lipinski definition) is 1. The van der Waals surface area contributed by atoms with E-state index in [4.69, 9.17) is 16.3 Å². The number of nitrogens with zero attached hydrogens (tertiary/aromatic N) is 3. The molecule has 4 aliphatic rings. The average molecular weight is 509 g/mol. The molecule has 1 aromatic heterocycles. The minimum absolute atomic E-state index is 0.0917. The second-order valence-corrected chi connectivity index (χ2v) is 10.7. The Labute approximate surface area is 214 Å². The number of piperidine rings is 1. The number of benzene rings is 1. The molecule has 3 amide bonds. The molecule has 2 aromatic rings. The van der Waals surface area contributed by atoms with Crippen molar-refractivity contribution < 1.29 is 19.1 Å². The maximum Gasteiger partial charge on any atom is 0.255 e. The zero-order valence-electron chi connectivity index (χ0n) is 20.0. The number of carbonyl (C=O) groups is 3. The quantitative estimate of drug-likeness (QED) is 0.623. The number of amides is 3. The molecule has 0 radical (unpaired) electrons. The normalized spacial score (nSPS) is 27.0. The largest absolute Gasteiger partial charge is 0.489 e. The Hall–Kier alpha value is -2.97. The van der Waals surface area contributed by atoms with E-state index in [1.807, 2.05) is 24.3 Å². The van der Waals surface area contributed by atoms with Crippen LogP contribution >= 0.6 is 11.6 Å². The summed E-state index contributed by atoms with van der Waals surface area (Å²) in [5.41, 5.74) is 2.64. The minimum atomic E-state index is -0.608. The van der Waals surface area contributed by atoms with E-state index in [2.05, 4.69) is 15.2 Å². The van der Waals surface area contributed by atoms with E-state index in [0.29, 0.717) is 30.5 Å². The van der Waals surface area contributed by atoms with Crippen LogP contribution in [0.2, 0.25) is 5.02 Å². The molecule has 4 heterocycles. The first-order valence-electron chi connectivity index (χ1n) is 12.8. The lowest BCUT2D eigenvalue weighted by atomic mass is 9.84. The van der Waals surface area contributed by atoms with Gasteiger partial charge >= 0.3 is 0 Å². The van der Waals surface area contributed by atoms with Gasteiger partial charge in [0.05, 0.1) is 5.02 Å². The van der Waals surface area contributed by atoms with Crippen LogP contribution in [0.5, 0.6) is 5.75 Å². The fourth-order valence-electron chi connectivity index (χ4n) is 6.13. The third-order valence-corrected chi connectivity index (χ3v) is 8.39. The molecule has 1 aromatic carbocycles. The van der Waals surface area contributed by atoms with E-state index >= 15 is 0 Å². The van der Waals surface area contributed by atoms with Crippen molar-refractivity contribution in [2.75, 3.05) is 13.1 Å². The summed E-state index contributed by atoms with van der Waals surface area (Å²) in [6.45, 7) is 2.29. The maximum absolute atomic E-state index is 13.0. The predicted molar refractivity (Wildman–Crippen MR) is 133 cm³/mol. The highest BCUT2D eigenvalue weighted by molar-refractivity contribution is 6.31. The maximum atomic E-state index is 13.0. The van der Waals surface area contributed by atoms with Crippen molar-refractivity contribution in [1.82, 2.24) is 20.1 Å². The first kappa shape index (κ1) is 23.4. The number of hydrogen-bond acceptors (Lipinski definition) is 6. The predicted octanol–water partition coefficient (Wildman–Crippen LogP) is 3.29. The molecule has 2 saturated heterocycles. The smallest absolute Gasteiger partial charge is 0.255 e. The van der Waals surface area contributed by atoms with Crippen LogP contribution in [-0.2, 0) is 16.1 Å². The molecular formula is C27H29ClN4O4. The Balaban J connectivity index is 1.12. The van der Waals surface area contributed by atoms with Gasteiger partial charge in [-0.3, -0.25) is 29.6 Å². The topological polar surface area (TPSA) is 91.8 Å². The summed E-state index contributed by atoms with van der Waals surface area (Å²) in [6.07, 6.45) is 8.66. The summed E-state index contributed by atoms with van der Waals surface area (Å²) in [5.74, 6) is 0.346. The molecule has 1 aliphatic carbocycles. The fraction of sp³-hybridized carbons (Fsp3) is 0.481. The number of imide groups is 1. The van der Waals surface area contributed by atoms with Gasteiger partial charge in [0.15, 0.2) is 0 Å². The number of halogens is 1. The first-order valence-corrected chi connectivity index (χ1v) is 13.1. The Morgan fingerprint density at radius 3 is 2.69 bits per heavy atom. The number of aromatic nitrogens is 1. The SMILES string of the molecule is O=C1CC[C@H](N2Cc3cc(O[C@@H]4CCCC[C@H]4N4CC(c5ccncc5Cl)C4)ccc3C2=O)C(=O)N1. The zero-order chi connectivity index (χ0) is 24.8. The summed E-state index contributed by atoms with van der Waals surface area (Å²) in [5, 5.41) is 3.08. The van der Waals surface area contributed by atoms with Gasteiger partial charge < -0.3 is 9.64 Å². The second-order valence-electron chi connectivity index (χ2n) is 10.3. The summed E-state index contributed by atoms with van der Waals surface area (Å²) < 4.78 is 6.53. The molecule has 9 heteroatoms. The van der Waals surface area contributed by atoms with Crippen LogP contribution in [0.15, 0.2) is 36.7 Å². The Bertz CT molecular complexity index is 1210. The lowest BCUT2D eigenvalue weighted by molar-refractivity contribution is -0.136. The number of rotatable bonds is 5. The molecule has 188 valence electrons. The van der Waals surface area contributed by atoms with Gasteiger partial charge in [-0.25, -0.2) is 0 Å². The third kappa shape index (κ3) is 4.26. The van der Waals surface area contributed by atoms with Crippen LogP contribution in [0.25, 0.3) is 0 Å². The van der Waals surface area contributed by atoms with Gasteiger partial charge in [-0.15, -0.1) is 0 Å². The van der Waals surface area contributed by atoms with Crippen LogP contribution in [0.1, 0.15) is 65.9 Å². The zero-order valence-corrected chi connectivity index (χ0v) is 20.7. The molecule has 36 heavy (non-hydrogen) atoms. The number of pyridine rings is 1. The fourth-order valence-corrected chi connectivity index (χ4v) is 6.40. The van der Waals surface area contributed by atoms with Crippen molar-refractivity contribution >= 4 is 29.3 Å². The van der Waals surface area contributed by atoms with E-state index in [0.717, 1.165) is 48.7 Å². The van der Waals surface area contributed by atoms with E-state index in [-0.39, 0.29) is 24.3 Å². The monoisotopic (exact) mass is 508 g/mol. The molecule has 0 spiro atoms. The van der Waals surface area contributed by atoms with Crippen molar-refractivity contribution in [1.29, 1.82) is 0 Å². The van der Waals surface area contributed by atoms with Crippen LogP contribution in [0.4, 0.5) is 0 Å². The van der Waals surface area contributed by atoms with Crippen molar-refractivity contribution in [3.8, 4) is 5.75 Å². The lowest BCUT2D eigenvalue weighted by Crippen LogP contribution is -2.57. The summed E-state index contributed by atoms with van der Waals surface area (Å²) in [7, 11) is 0. The van der Waals surface area contributed by atoms with E-state index < -0.39 is 11.9 Å². The Morgan fingerprint density at radius 1 is 1.06 bits per heavy atom. The van der Waals surface area contributed by atoms with Gasteiger partial charge in [-0.1, -0.05) is 18.0 Å². The minimum Gasteiger partial charge on any atom is -0.489 e. The van der Waals surface area contributed by atoms with Gasteiger partial charge in [-0.2, -0.15) is 0 Å². The Morgan fingerprint density at radius 2 is 1.89 bits per heavy atom.